The number of carbonyl (C=O) groups excluding carboxylic acids is 1. The minimum atomic E-state index is -0.519. The first kappa shape index (κ1) is 13.0. The Balaban J connectivity index is 2.35. The van der Waals surface area contributed by atoms with E-state index in [9.17, 15) is 14.9 Å². The third-order valence-corrected chi connectivity index (χ3v) is 2.78. The first-order valence-corrected chi connectivity index (χ1v) is 5.82. The summed E-state index contributed by atoms with van der Waals surface area (Å²) < 4.78 is 0. The lowest BCUT2D eigenvalue weighted by Crippen LogP contribution is -2.29. The number of rotatable bonds is 3. The average molecular weight is 266 g/mol. The number of aromatic nitrogens is 2. The van der Waals surface area contributed by atoms with Crippen LogP contribution in [0.3, 0.4) is 0 Å². The van der Waals surface area contributed by atoms with Crippen LogP contribution >= 0.6 is 0 Å². The minimum Gasteiger partial charge on any atom is -0.357 e. The van der Waals surface area contributed by atoms with E-state index < -0.39 is 4.92 Å². The lowest BCUT2D eigenvalue weighted by atomic mass is 10.3. The highest BCUT2D eigenvalue weighted by Gasteiger charge is 2.24. The number of nitro groups is 1. The first-order valence-electron chi connectivity index (χ1n) is 5.82. The van der Waals surface area contributed by atoms with Crippen LogP contribution in [0, 0.1) is 10.1 Å². The molecular weight excluding hydrogens is 252 g/mol. The molecule has 0 aliphatic carbocycles. The molecule has 0 saturated carbocycles. The third-order valence-electron chi connectivity index (χ3n) is 2.78. The number of nitrogens with zero attached hydrogens (tertiary/aromatic N) is 4. The van der Waals surface area contributed by atoms with E-state index in [0.29, 0.717) is 25.6 Å². The van der Waals surface area contributed by atoms with Crippen molar-refractivity contribution in [2.24, 2.45) is 0 Å². The van der Waals surface area contributed by atoms with E-state index in [1.54, 1.807) is 11.9 Å². The van der Waals surface area contributed by atoms with Crippen LogP contribution in [0.5, 0.6) is 0 Å². The van der Waals surface area contributed by atoms with Crippen molar-refractivity contribution in [1.29, 1.82) is 0 Å². The lowest BCUT2D eigenvalue weighted by Gasteiger charge is -2.20. The van der Waals surface area contributed by atoms with Crippen LogP contribution in [0.4, 0.5) is 17.5 Å². The molecule has 102 valence electrons. The molecule has 0 unspecified atom stereocenters. The zero-order valence-electron chi connectivity index (χ0n) is 10.4. The van der Waals surface area contributed by atoms with Gasteiger partial charge in [-0.3, -0.25) is 14.9 Å². The van der Waals surface area contributed by atoms with Crippen LogP contribution < -0.4 is 15.5 Å². The normalized spacial score (nSPS) is 15.6. The molecule has 2 N–H and O–H groups in total. The molecule has 1 amide bonds. The molecule has 2 heterocycles. The van der Waals surface area contributed by atoms with E-state index in [4.69, 9.17) is 0 Å². The number of hydrogen-bond donors (Lipinski definition) is 2. The van der Waals surface area contributed by atoms with E-state index in [0.717, 1.165) is 0 Å². The summed E-state index contributed by atoms with van der Waals surface area (Å²) in [4.78, 5) is 31.5. The first-order chi connectivity index (χ1) is 9.11. The summed E-state index contributed by atoms with van der Waals surface area (Å²) in [7, 11) is 1.64. The SMILES string of the molecule is CNc1ncc([N+](=O)[O-])c(N2CCNC(=O)CC2)n1. The molecule has 1 aromatic heterocycles. The van der Waals surface area contributed by atoms with Gasteiger partial charge in [0, 0.05) is 33.1 Å². The predicted octanol–water partition coefficient (Wildman–Crippen LogP) is -0.247. The molecule has 19 heavy (non-hydrogen) atoms. The van der Waals surface area contributed by atoms with Gasteiger partial charge in [0.1, 0.15) is 6.20 Å². The van der Waals surface area contributed by atoms with Gasteiger partial charge < -0.3 is 15.5 Å². The zero-order chi connectivity index (χ0) is 13.8. The quantitative estimate of drug-likeness (QED) is 0.573. The summed E-state index contributed by atoms with van der Waals surface area (Å²) in [6.45, 7) is 1.31. The van der Waals surface area contributed by atoms with E-state index in [1.807, 2.05) is 0 Å². The van der Waals surface area contributed by atoms with Crippen LogP contribution in [0.15, 0.2) is 6.20 Å². The second-order valence-electron chi connectivity index (χ2n) is 4.00. The van der Waals surface area contributed by atoms with Crippen LogP contribution in [0.25, 0.3) is 0 Å². The van der Waals surface area contributed by atoms with Crippen molar-refractivity contribution >= 4 is 23.4 Å². The highest BCUT2D eigenvalue weighted by Crippen LogP contribution is 2.26. The standard InChI is InChI=1S/C10H14N6O3/c1-11-10-13-6-7(16(18)19)9(14-10)15-4-2-8(17)12-3-5-15/h6H,2-5H2,1H3,(H,12,17)(H,11,13,14). The molecule has 1 fully saturated rings. The van der Waals surface area contributed by atoms with Crippen LogP contribution in [0.2, 0.25) is 0 Å². The molecule has 9 heteroatoms. The molecule has 0 aromatic carbocycles. The fourth-order valence-electron chi connectivity index (χ4n) is 1.83. The Bertz CT molecular complexity index is 506. The van der Waals surface area contributed by atoms with Gasteiger partial charge in [0.15, 0.2) is 0 Å². The molecular formula is C10H14N6O3. The van der Waals surface area contributed by atoms with Crippen LogP contribution in [-0.4, -0.2) is 47.5 Å². The van der Waals surface area contributed by atoms with Crippen molar-refractivity contribution in [3.05, 3.63) is 16.3 Å². The van der Waals surface area contributed by atoms with Gasteiger partial charge >= 0.3 is 5.69 Å². The lowest BCUT2D eigenvalue weighted by molar-refractivity contribution is -0.384. The maximum atomic E-state index is 11.3. The summed E-state index contributed by atoms with van der Waals surface area (Å²) >= 11 is 0. The maximum Gasteiger partial charge on any atom is 0.329 e. The van der Waals surface area contributed by atoms with Crippen molar-refractivity contribution in [1.82, 2.24) is 15.3 Å². The largest absolute Gasteiger partial charge is 0.357 e. The molecule has 1 aliphatic heterocycles. The Morgan fingerprint density at radius 3 is 3.00 bits per heavy atom. The molecule has 1 saturated heterocycles. The average Bonchev–Trinajstić information content (AvgIpc) is 2.62. The second kappa shape index (κ2) is 5.46. The molecule has 2 rings (SSSR count). The summed E-state index contributed by atoms with van der Waals surface area (Å²) in [5.41, 5.74) is -0.159. The Morgan fingerprint density at radius 2 is 2.32 bits per heavy atom. The molecule has 9 nitrogen and oxygen atoms in total. The van der Waals surface area contributed by atoms with E-state index in [2.05, 4.69) is 20.6 Å². The van der Waals surface area contributed by atoms with Gasteiger partial charge in [-0.15, -0.1) is 0 Å². The molecule has 0 atom stereocenters. The highest BCUT2D eigenvalue weighted by molar-refractivity contribution is 5.77. The fraction of sp³-hybridized carbons (Fsp3) is 0.500. The van der Waals surface area contributed by atoms with E-state index in [1.165, 1.54) is 6.20 Å². The molecule has 1 aliphatic rings. The van der Waals surface area contributed by atoms with Crippen LogP contribution in [-0.2, 0) is 4.79 Å². The van der Waals surface area contributed by atoms with Gasteiger partial charge in [0.05, 0.1) is 4.92 Å². The van der Waals surface area contributed by atoms with Gasteiger partial charge in [-0.05, 0) is 0 Å². The Hall–Kier alpha value is -2.45. The summed E-state index contributed by atoms with van der Waals surface area (Å²) in [6.07, 6.45) is 1.46. The predicted molar refractivity (Wildman–Crippen MR) is 68.1 cm³/mol. The molecule has 1 aromatic rings. The maximum absolute atomic E-state index is 11.3. The fourth-order valence-corrected chi connectivity index (χ4v) is 1.83. The van der Waals surface area contributed by atoms with Gasteiger partial charge in [0.2, 0.25) is 17.7 Å². The van der Waals surface area contributed by atoms with Gasteiger partial charge in [0.25, 0.3) is 0 Å². The number of nitrogens with one attached hydrogen (secondary N) is 2. The summed E-state index contributed by atoms with van der Waals surface area (Å²) in [6, 6.07) is 0. The van der Waals surface area contributed by atoms with Crippen molar-refractivity contribution in [2.75, 3.05) is 36.9 Å². The smallest absolute Gasteiger partial charge is 0.329 e. The van der Waals surface area contributed by atoms with Crippen molar-refractivity contribution in [2.45, 2.75) is 6.42 Å². The highest BCUT2D eigenvalue weighted by atomic mass is 16.6. The minimum absolute atomic E-state index is 0.0620. The second-order valence-corrected chi connectivity index (χ2v) is 4.00. The monoisotopic (exact) mass is 266 g/mol. The number of anilines is 2. The third kappa shape index (κ3) is 2.87. The van der Waals surface area contributed by atoms with Crippen molar-refractivity contribution < 1.29 is 9.72 Å². The Morgan fingerprint density at radius 1 is 1.53 bits per heavy atom. The van der Waals surface area contributed by atoms with E-state index >= 15 is 0 Å². The topological polar surface area (TPSA) is 113 Å². The Kier molecular flexibility index (Phi) is 3.74. The van der Waals surface area contributed by atoms with Crippen molar-refractivity contribution in [3.63, 3.8) is 0 Å². The summed E-state index contributed by atoms with van der Waals surface area (Å²) in [5, 5.41) is 16.5. The summed E-state index contributed by atoms with van der Waals surface area (Å²) in [5.74, 6) is 0.484. The van der Waals surface area contributed by atoms with E-state index in [-0.39, 0.29) is 23.8 Å². The number of hydrogen-bond acceptors (Lipinski definition) is 7. The molecule has 0 spiro atoms. The van der Waals surface area contributed by atoms with Gasteiger partial charge in [-0.2, -0.15) is 4.98 Å². The number of carbonyl (C=O) groups is 1. The zero-order valence-corrected chi connectivity index (χ0v) is 10.4. The van der Waals surface area contributed by atoms with Crippen LogP contribution in [0.1, 0.15) is 6.42 Å². The Labute approximate surface area is 109 Å². The van der Waals surface area contributed by atoms with Crippen molar-refractivity contribution in [3.8, 4) is 0 Å². The molecule has 0 radical (unpaired) electrons. The number of amides is 1. The van der Waals surface area contributed by atoms with Gasteiger partial charge in [-0.1, -0.05) is 0 Å². The van der Waals surface area contributed by atoms with Gasteiger partial charge in [-0.25, -0.2) is 4.98 Å². The molecule has 0 bridgehead atoms.